The van der Waals surface area contributed by atoms with Crippen molar-refractivity contribution >= 4 is 17.6 Å². The predicted octanol–water partition coefficient (Wildman–Crippen LogP) is 2.78. The Morgan fingerprint density at radius 3 is 2.96 bits per heavy atom. The van der Waals surface area contributed by atoms with Crippen LogP contribution in [0.5, 0.6) is 5.75 Å². The molecule has 0 saturated carbocycles. The highest BCUT2D eigenvalue weighted by Crippen LogP contribution is 2.30. The molecule has 0 fully saturated rings. The third-order valence-corrected chi connectivity index (χ3v) is 4.36. The van der Waals surface area contributed by atoms with Crippen molar-refractivity contribution in [3.05, 3.63) is 42.4 Å². The number of nitrogens with two attached hydrogens (primary N) is 1. The number of nitrogens with zero attached hydrogens (tertiary/aromatic N) is 3. The van der Waals surface area contributed by atoms with E-state index in [1.54, 1.807) is 24.4 Å². The molecular weight excluding hydrogens is 346 g/mol. The summed E-state index contributed by atoms with van der Waals surface area (Å²) < 4.78 is 6.88. The number of carbonyl (C=O) groups is 1. The molecule has 1 aromatic carbocycles. The Morgan fingerprint density at radius 1 is 1.44 bits per heavy atom. The lowest BCUT2D eigenvalue weighted by molar-refractivity contribution is -0.113. The van der Waals surface area contributed by atoms with Crippen molar-refractivity contribution in [2.75, 3.05) is 11.9 Å². The van der Waals surface area contributed by atoms with Crippen molar-refractivity contribution < 1.29 is 14.6 Å². The van der Waals surface area contributed by atoms with Gasteiger partial charge in [-0.3, -0.25) is 9.48 Å². The van der Waals surface area contributed by atoms with Crippen LogP contribution in [0, 0.1) is 0 Å². The largest absolute Gasteiger partial charge is 0.506 e. The first-order chi connectivity index (χ1) is 13.0. The molecule has 1 amide bonds. The Labute approximate surface area is 157 Å². The molecule has 27 heavy (non-hydrogen) atoms. The van der Waals surface area contributed by atoms with Gasteiger partial charge in [-0.05, 0) is 31.0 Å². The zero-order valence-electron chi connectivity index (χ0n) is 15.3. The van der Waals surface area contributed by atoms with Gasteiger partial charge < -0.3 is 20.9 Å². The number of aromatic nitrogens is 2. The lowest BCUT2D eigenvalue weighted by Crippen LogP contribution is -2.23. The predicted molar refractivity (Wildman–Crippen MR) is 103 cm³/mol. The van der Waals surface area contributed by atoms with Crippen LogP contribution < -0.4 is 11.1 Å². The van der Waals surface area contributed by atoms with E-state index in [0.717, 1.165) is 24.0 Å². The van der Waals surface area contributed by atoms with Crippen LogP contribution in [-0.4, -0.2) is 33.4 Å². The zero-order chi connectivity index (χ0) is 19.4. The number of aliphatic imine (C=N–C) groups is 1. The fourth-order valence-corrected chi connectivity index (χ4v) is 2.79. The number of benzene rings is 1. The quantitative estimate of drug-likeness (QED) is 0.677. The molecule has 1 aliphatic heterocycles. The molecule has 3 rings (SSSR count). The van der Waals surface area contributed by atoms with Crippen molar-refractivity contribution in [1.29, 1.82) is 0 Å². The van der Waals surface area contributed by atoms with Gasteiger partial charge in [-0.1, -0.05) is 19.4 Å². The number of phenolic OH excluding ortho intramolecular Hbond substituents is 1. The Hall–Kier alpha value is -3.29. The van der Waals surface area contributed by atoms with Crippen LogP contribution in [0.15, 0.2) is 47.4 Å². The summed E-state index contributed by atoms with van der Waals surface area (Å²) in [4.78, 5) is 16.2. The SMILES string of the molecule is CCCC(C)n1cc(-c2ccc(O)c(NC(=O)C3=COC(N)=NC3)c2)cn1. The van der Waals surface area contributed by atoms with E-state index in [9.17, 15) is 9.90 Å². The van der Waals surface area contributed by atoms with Crippen LogP contribution in [0.25, 0.3) is 11.1 Å². The summed E-state index contributed by atoms with van der Waals surface area (Å²) in [5.74, 6) is -0.440. The second kappa shape index (κ2) is 7.94. The molecule has 1 unspecified atom stereocenters. The Balaban J connectivity index is 1.78. The normalized spacial score (nSPS) is 14.7. The summed E-state index contributed by atoms with van der Waals surface area (Å²) in [5.41, 5.74) is 7.77. The number of nitrogens with one attached hydrogen (secondary N) is 1. The second-order valence-electron chi connectivity index (χ2n) is 6.45. The van der Waals surface area contributed by atoms with Gasteiger partial charge in [-0.2, -0.15) is 5.10 Å². The number of amidine groups is 1. The minimum Gasteiger partial charge on any atom is -0.506 e. The standard InChI is InChI=1S/C19H23N5O3/c1-3-4-12(2)24-10-14(9-22-24)13-5-6-17(25)16(7-13)23-18(26)15-8-21-19(20)27-11-15/h5-7,9-12,25H,3-4,8H2,1-2H3,(H2,20,21)(H,23,26). The minimum absolute atomic E-state index is 0.0192. The molecule has 8 nitrogen and oxygen atoms in total. The maximum Gasteiger partial charge on any atom is 0.287 e. The molecule has 8 heteroatoms. The van der Waals surface area contributed by atoms with Crippen molar-refractivity contribution in [2.24, 2.45) is 10.7 Å². The number of amides is 1. The smallest absolute Gasteiger partial charge is 0.287 e. The van der Waals surface area contributed by atoms with Crippen LogP contribution in [0.4, 0.5) is 5.69 Å². The Kier molecular flexibility index (Phi) is 5.44. The Morgan fingerprint density at radius 2 is 2.26 bits per heavy atom. The van der Waals surface area contributed by atoms with E-state index in [2.05, 4.69) is 29.3 Å². The van der Waals surface area contributed by atoms with E-state index in [1.165, 1.54) is 6.26 Å². The lowest BCUT2D eigenvalue weighted by atomic mass is 10.1. The number of aromatic hydroxyl groups is 1. The molecule has 142 valence electrons. The van der Waals surface area contributed by atoms with Gasteiger partial charge in [0.1, 0.15) is 12.0 Å². The number of carbonyl (C=O) groups excluding carboxylic acids is 1. The molecule has 0 saturated heterocycles. The summed E-state index contributed by atoms with van der Waals surface area (Å²) >= 11 is 0. The van der Waals surface area contributed by atoms with Crippen LogP contribution >= 0.6 is 0 Å². The molecule has 0 radical (unpaired) electrons. The van der Waals surface area contributed by atoms with Gasteiger partial charge >= 0.3 is 0 Å². The molecule has 1 aliphatic rings. The number of ether oxygens (including phenoxy) is 1. The average molecular weight is 369 g/mol. The van der Waals surface area contributed by atoms with Gasteiger partial charge in [0.2, 0.25) is 0 Å². The van der Waals surface area contributed by atoms with Gasteiger partial charge in [0.15, 0.2) is 0 Å². The molecule has 4 N–H and O–H groups in total. The van der Waals surface area contributed by atoms with E-state index in [0.29, 0.717) is 17.3 Å². The summed E-state index contributed by atoms with van der Waals surface area (Å²) in [6.45, 7) is 4.39. The summed E-state index contributed by atoms with van der Waals surface area (Å²) in [7, 11) is 0. The Bertz CT molecular complexity index is 901. The van der Waals surface area contributed by atoms with E-state index in [1.807, 2.05) is 10.9 Å². The molecule has 0 spiro atoms. The number of phenols is 1. The maximum atomic E-state index is 12.3. The average Bonchev–Trinajstić information content (AvgIpc) is 3.14. The minimum atomic E-state index is -0.411. The fraction of sp³-hybridized carbons (Fsp3) is 0.316. The summed E-state index contributed by atoms with van der Waals surface area (Å²) in [5, 5.41) is 17.2. The first-order valence-electron chi connectivity index (χ1n) is 8.82. The van der Waals surface area contributed by atoms with E-state index in [4.69, 9.17) is 10.5 Å². The van der Waals surface area contributed by atoms with Crippen LogP contribution in [0.3, 0.4) is 0 Å². The second-order valence-corrected chi connectivity index (χ2v) is 6.45. The highest BCUT2D eigenvalue weighted by molar-refractivity contribution is 6.05. The van der Waals surface area contributed by atoms with Crippen LogP contribution in [0.2, 0.25) is 0 Å². The van der Waals surface area contributed by atoms with E-state index >= 15 is 0 Å². The summed E-state index contributed by atoms with van der Waals surface area (Å²) in [6, 6.07) is 5.36. The number of hydrogen-bond donors (Lipinski definition) is 3. The topological polar surface area (TPSA) is 115 Å². The fourth-order valence-electron chi connectivity index (χ4n) is 2.79. The van der Waals surface area contributed by atoms with Gasteiger partial charge in [0.05, 0.1) is 24.0 Å². The maximum absolute atomic E-state index is 12.3. The molecule has 2 aromatic rings. The van der Waals surface area contributed by atoms with E-state index in [-0.39, 0.29) is 18.3 Å². The van der Waals surface area contributed by atoms with E-state index < -0.39 is 5.91 Å². The lowest BCUT2D eigenvalue weighted by Gasteiger charge is -2.13. The van der Waals surface area contributed by atoms with Crippen molar-refractivity contribution in [3.63, 3.8) is 0 Å². The van der Waals surface area contributed by atoms with Gasteiger partial charge in [0.25, 0.3) is 11.9 Å². The first kappa shape index (κ1) is 18.5. The van der Waals surface area contributed by atoms with Crippen molar-refractivity contribution in [2.45, 2.75) is 32.7 Å². The van der Waals surface area contributed by atoms with Crippen molar-refractivity contribution in [1.82, 2.24) is 9.78 Å². The molecule has 2 heterocycles. The van der Waals surface area contributed by atoms with Crippen molar-refractivity contribution in [3.8, 4) is 16.9 Å². The summed E-state index contributed by atoms with van der Waals surface area (Å²) in [6.07, 6.45) is 7.13. The first-order valence-corrected chi connectivity index (χ1v) is 8.82. The third kappa shape index (κ3) is 4.28. The van der Waals surface area contributed by atoms with Gasteiger partial charge in [0, 0.05) is 17.8 Å². The number of rotatable bonds is 6. The molecule has 1 aromatic heterocycles. The number of hydrogen-bond acceptors (Lipinski definition) is 6. The monoisotopic (exact) mass is 369 g/mol. The third-order valence-electron chi connectivity index (χ3n) is 4.36. The highest BCUT2D eigenvalue weighted by Gasteiger charge is 2.16. The van der Waals surface area contributed by atoms with Gasteiger partial charge in [-0.15, -0.1) is 0 Å². The number of anilines is 1. The zero-order valence-corrected chi connectivity index (χ0v) is 15.3. The van der Waals surface area contributed by atoms with Crippen LogP contribution in [0.1, 0.15) is 32.7 Å². The molecule has 0 aliphatic carbocycles. The highest BCUT2D eigenvalue weighted by atomic mass is 16.5. The van der Waals surface area contributed by atoms with Gasteiger partial charge in [-0.25, -0.2) is 4.99 Å². The van der Waals surface area contributed by atoms with Crippen LogP contribution in [-0.2, 0) is 9.53 Å². The molecule has 1 atom stereocenters. The molecular formula is C19H23N5O3. The molecule has 0 bridgehead atoms.